The maximum Gasteiger partial charge on any atom is 0.471 e. The Hall–Kier alpha value is -3.56. The molecule has 0 saturated carbocycles. The van der Waals surface area contributed by atoms with Gasteiger partial charge < -0.3 is 9.84 Å². The number of amides is 1. The van der Waals surface area contributed by atoms with Gasteiger partial charge in [0.1, 0.15) is 5.82 Å². The number of aromatic nitrogens is 2. The number of halogens is 4. The van der Waals surface area contributed by atoms with E-state index in [9.17, 15) is 27.2 Å². The monoisotopic (exact) mass is 435 g/mol. The fourth-order valence-corrected chi connectivity index (χ4v) is 2.83. The van der Waals surface area contributed by atoms with Crippen molar-refractivity contribution in [2.75, 3.05) is 0 Å². The second-order valence-corrected chi connectivity index (χ2v) is 7.01. The molecule has 1 aromatic heterocycles. The Kier molecular flexibility index (Phi) is 6.19. The van der Waals surface area contributed by atoms with E-state index in [1.165, 1.54) is 36.4 Å². The fourth-order valence-electron chi connectivity index (χ4n) is 2.83. The van der Waals surface area contributed by atoms with E-state index in [0.29, 0.717) is 5.56 Å². The van der Waals surface area contributed by atoms with Crippen molar-refractivity contribution in [1.29, 1.82) is 0 Å². The summed E-state index contributed by atoms with van der Waals surface area (Å²) in [5.41, 5.74) is 0.380. The van der Waals surface area contributed by atoms with Crippen LogP contribution in [0.4, 0.5) is 17.6 Å². The zero-order valence-corrected chi connectivity index (χ0v) is 16.5. The molecule has 0 spiro atoms. The lowest BCUT2D eigenvalue weighted by molar-refractivity contribution is -0.159. The minimum absolute atomic E-state index is 0.0600. The number of hydrogen-bond acceptors (Lipinski definition) is 5. The van der Waals surface area contributed by atoms with Crippen LogP contribution in [0.3, 0.4) is 0 Å². The summed E-state index contributed by atoms with van der Waals surface area (Å²) in [6, 6.07) is 9.44. The Morgan fingerprint density at radius 3 is 2.35 bits per heavy atom. The summed E-state index contributed by atoms with van der Waals surface area (Å²) in [4.78, 5) is 28.4. The van der Waals surface area contributed by atoms with Gasteiger partial charge in [0.25, 0.3) is 5.91 Å². The quantitative estimate of drug-likeness (QED) is 0.457. The molecule has 0 radical (unpaired) electrons. The predicted molar refractivity (Wildman–Crippen MR) is 102 cm³/mol. The Bertz CT molecular complexity index is 1110. The first kappa shape index (κ1) is 22.1. The summed E-state index contributed by atoms with van der Waals surface area (Å²) < 4.78 is 56.2. The van der Waals surface area contributed by atoms with Gasteiger partial charge in [-0.25, -0.2) is 4.39 Å². The van der Waals surface area contributed by atoms with Gasteiger partial charge in [0.15, 0.2) is 5.78 Å². The van der Waals surface area contributed by atoms with Gasteiger partial charge in [0, 0.05) is 23.6 Å². The first-order valence-electron chi connectivity index (χ1n) is 9.19. The van der Waals surface area contributed by atoms with Crippen molar-refractivity contribution < 1.29 is 31.7 Å². The molecule has 3 aromatic rings. The molecule has 1 heterocycles. The molecule has 0 aliphatic heterocycles. The van der Waals surface area contributed by atoms with Crippen molar-refractivity contribution in [3.8, 4) is 11.4 Å². The van der Waals surface area contributed by atoms with Crippen molar-refractivity contribution >= 4 is 11.7 Å². The van der Waals surface area contributed by atoms with Crippen LogP contribution in [0, 0.1) is 5.82 Å². The number of carbonyl (C=O) groups excluding carboxylic acids is 2. The van der Waals surface area contributed by atoms with Crippen molar-refractivity contribution in [3.05, 3.63) is 70.9 Å². The Balaban J connectivity index is 1.80. The average Bonchev–Trinajstić information content (AvgIpc) is 3.18. The highest BCUT2D eigenvalue weighted by Gasteiger charge is 2.38. The highest BCUT2D eigenvalue weighted by atomic mass is 19.4. The number of carbonyl (C=O) groups is 2. The molecule has 1 amide bonds. The van der Waals surface area contributed by atoms with Crippen LogP contribution in [0.15, 0.2) is 47.0 Å². The molecule has 0 fully saturated rings. The molecule has 0 aliphatic carbocycles. The molecular formula is C21H17F4N3O3. The Morgan fingerprint density at radius 2 is 1.77 bits per heavy atom. The van der Waals surface area contributed by atoms with E-state index in [1.54, 1.807) is 13.8 Å². The van der Waals surface area contributed by atoms with Crippen LogP contribution < -0.4 is 5.32 Å². The molecule has 2 aromatic carbocycles. The van der Waals surface area contributed by atoms with Crippen molar-refractivity contribution in [3.63, 3.8) is 0 Å². The molecule has 162 valence electrons. The molecule has 0 bridgehead atoms. The number of Topliss-reactive ketones (excluding diaryl/α,β-unsaturated/α-hetero) is 1. The molecule has 31 heavy (non-hydrogen) atoms. The van der Waals surface area contributed by atoms with Gasteiger partial charge in [0.05, 0.1) is 5.56 Å². The van der Waals surface area contributed by atoms with Crippen LogP contribution in [-0.4, -0.2) is 27.9 Å². The lowest BCUT2D eigenvalue weighted by atomic mass is 9.97. The van der Waals surface area contributed by atoms with Crippen molar-refractivity contribution in [2.24, 2.45) is 0 Å². The van der Waals surface area contributed by atoms with Gasteiger partial charge in [-0.05, 0) is 25.5 Å². The number of nitrogens with one attached hydrogen (secondary N) is 1. The number of hydrogen-bond donors (Lipinski definition) is 1. The smallest absolute Gasteiger partial charge is 0.350 e. The normalized spacial score (nSPS) is 11.6. The number of alkyl halides is 3. The largest absolute Gasteiger partial charge is 0.471 e. The summed E-state index contributed by atoms with van der Waals surface area (Å²) in [5, 5.41) is 5.86. The Labute approximate surface area is 174 Å². The molecule has 0 aliphatic rings. The molecule has 1 N–H and O–H groups in total. The molecular weight excluding hydrogens is 418 g/mol. The van der Waals surface area contributed by atoms with Crippen molar-refractivity contribution in [2.45, 2.75) is 32.5 Å². The van der Waals surface area contributed by atoms with Crippen molar-refractivity contribution in [1.82, 2.24) is 15.5 Å². The van der Waals surface area contributed by atoms with Gasteiger partial charge in [-0.2, -0.15) is 18.2 Å². The van der Waals surface area contributed by atoms with Gasteiger partial charge in [-0.3, -0.25) is 9.59 Å². The molecule has 10 heteroatoms. The molecule has 0 atom stereocenters. The maximum absolute atomic E-state index is 14.3. The lowest BCUT2D eigenvalue weighted by Gasteiger charge is -2.12. The molecule has 3 rings (SSSR count). The third-order valence-corrected chi connectivity index (χ3v) is 4.21. The summed E-state index contributed by atoms with van der Waals surface area (Å²) >= 11 is 0. The number of ketones is 1. The first-order valence-corrected chi connectivity index (χ1v) is 9.19. The summed E-state index contributed by atoms with van der Waals surface area (Å²) in [5.74, 6) is -3.69. The minimum Gasteiger partial charge on any atom is -0.350 e. The highest BCUT2D eigenvalue weighted by Crippen LogP contribution is 2.29. The van der Waals surface area contributed by atoms with E-state index < -0.39 is 29.6 Å². The Morgan fingerprint density at radius 1 is 1.10 bits per heavy atom. The van der Waals surface area contributed by atoms with E-state index in [-0.39, 0.29) is 35.0 Å². The highest BCUT2D eigenvalue weighted by molar-refractivity contribution is 6.08. The SMILES string of the molecule is CC(C)NC(=O)c1c(F)cccc1C(=O)Cc1ccc(-c2noc(C(F)(F)F)n2)cc1. The zero-order chi connectivity index (χ0) is 22.8. The number of rotatable bonds is 6. The van der Waals surface area contributed by atoms with Gasteiger partial charge in [-0.1, -0.05) is 41.6 Å². The first-order chi connectivity index (χ1) is 14.6. The van der Waals surface area contributed by atoms with Gasteiger partial charge in [-0.15, -0.1) is 0 Å². The van der Waals surface area contributed by atoms with Gasteiger partial charge in [0.2, 0.25) is 5.82 Å². The fraction of sp³-hybridized carbons (Fsp3) is 0.238. The molecule has 6 nitrogen and oxygen atoms in total. The predicted octanol–water partition coefficient (Wildman–Crippen LogP) is 4.46. The minimum atomic E-state index is -4.75. The van der Waals surface area contributed by atoms with E-state index in [2.05, 4.69) is 20.0 Å². The third-order valence-electron chi connectivity index (χ3n) is 4.21. The standard InChI is InChI=1S/C21H17F4N3O3/c1-11(2)26-19(30)17-14(4-3-5-15(17)22)16(29)10-12-6-8-13(9-7-12)18-27-20(31-28-18)21(23,24)25/h3-9,11H,10H2,1-2H3,(H,26,30). The van der Waals surface area contributed by atoms with Crippen LogP contribution in [-0.2, 0) is 12.6 Å². The number of nitrogens with zero attached hydrogens (tertiary/aromatic N) is 2. The van der Waals surface area contributed by atoms with Crippen LogP contribution in [0.25, 0.3) is 11.4 Å². The topological polar surface area (TPSA) is 85.1 Å². The van der Waals surface area contributed by atoms with E-state index in [4.69, 9.17) is 0 Å². The summed E-state index contributed by atoms with van der Waals surface area (Å²) in [6.07, 6.45) is -4.89. The maximum atomic E-state index is 14.3. The van der Waals surface area contributed by atoms with E-state index in [0.717, 1.165) is 6.07 Å². The van der Waals surface area contributed by atoms with E-state index >= 15 is 0 Å². The third kappa shape index (κ3) is 5.14. The van der Waals surface area contributed by atoms with Crippen LogP contribution >= 0.6 is 0 Å². The van der Waals surface area contributed by atoms with Crippen LogP contribution in [0.5, 0.6) is 0 Å². The average molecular weight is 435 g/mol. The number of benzene rings is 2. The zero-order valence-electron chi connectivity index (χ0n) is 16.5. The lowest BCUT2D eigenvalue weighted by Crippen LogP contribution is -2.32. The van der Waals surface area contributed by atoms with Crippen LogP contribution in [0.2, 0.25) is 0 Å². The molecule has 0 saturated heterocycles. The second kappa shape index (κ2) is 8.66. The summed E-state index contributed by atoms with van der Waals surface area (Å²) in [7, 11) is 0. The second-order valence-electron chi connectivity index (χ2n) is 7.01. The van der Waals surface area contributed by atoms with Gasteiger partial charge >= 0.3 is 12.1 Å². The van der Waals surface area contributed by atoms with E-state index in [1.807, 2.05) is 0 Å². The van der Waals surface area contributed by atoms with Crippen LogP contribution in [0.1, 0.15) is 46.0 Å². The summed E-state index contributed by atoms with van der Waals surface area (Å²) in [6.45, 7) is 3.42. The molecule has 0 unspecified atom stereocenters.